The lowest BCUT2D eigenvalue weighted by molar-refractivity contribution is 0.522. The predicted octanol–water partition coefficient (Wildman–Crippen LogP) is 1.93. The highest BCUT2D eigenvalue weighted by Crippen LogP contribution is 2.30. The van der Waals surface area contributed by atoms with Crippen molar-refractivity contribution in [2.24, 2.45) is 0 Å². The molecule has 116 valence electrons. The molecule has 0 bridgehead atoms. The van der Waals surface area contributed by atoms with Gasteiger partial charge in [0.05, 0.1) is 4.90 Å². The van der Waals surface area contributed by atoms with Crippen LogP contribution < -0.4 is 10.0 Å². The standard InChI is InChI=1S/C13H25N3O2S2/c1-5-13(6-2,19-4)10-16-20(17,18)12-7-11(8-14-3)15-9-12/h7,9,14-16H,5-6,8,10H2,1-4H3. The van der Waals surface area contributed by atoms with Crippen molar-refractivity contribution < 1.29 is 8.42 Å². The van der Waals surface area contributed by atoms with Gasteiger partial charge < -0.3 is 10.3 Å². The predicted molar refractivity (Wildman–Crippen MR) is 85.6 cm³/mol. The van der Waals surface area contributed by atoms with Crippen LogP contribution in [-0.4, -0.2) is 38.0 Å². The molecule has 1 rings (SSSR count). The molecule has 0 spiro atoms. The summed E-state index contributed by atoms with van der Waals surface area (Å²) in [5.74, 6) is 0. The van der Waals surface area contributed by atoms with Crippen LogP contribution in [0.2, 0.25) is 0 Å². The largest absolute Gasteiger partial charge is 0.363 e. The molecule has 7 heteroatoms. The minimum Gasteiger partial charge on any atom is -0.363 e. The molecule has 0 saturated heterocycles. The van der Waals surface area contributed by atoms with E-state index in [9.17, 15) is 8.42 Å². The van der Waals surface area contributed by atoms with Crippen LogP contribution in [0.5, 0.6) is 0 Å². The van der Waals surface area contributed by atoms with E-state index in [0.717, 1.165) is 18.5 Å². The van der Waals surface area contributed by atoms with Gasteiger partial charge in [0.1, 0.15) is 0 Å². The summed E-state index contributed by atoms with van der Waals surface area (Å²) in [6, 6.07) is 1.66. The molecule has 0 atom stereocenters. The van der Waals surface area contributed by atoms with Gasteiger partial charge in [0.15, 0.2) is 0 Å². The second kappa shape index (κ2) is 7.49. The van der Waals surface area contributed by atoms with Crippen molar-refractivity contribution in [3.63, 3.8) is 0 Å². The van der Waals surface area contributed by atoms with Crippen LogP contribution in [0.3, 0.4) is 0 Å². The summed E-state index contributed by atoms with van der Waals surface area (Å²) in [4.78, 5) is 3.26. The third-order valence-electron chi connectivity index (χ3n) is 3.70. The molecule has 0 unspecified atom stereocenters. The van der Waals surface area contributed by atoms with Gasteiger partial charge in [0, 0.05) is 29.7 Å². The van der Waals surface area contributed by atoms with Gasteiger partial charge in [0.25, 0.3) is 0 Å². The van der Waals surface area contributed by atoms with Crippen molar-refractivity contribution in [3.05, 3.63) is 18.0 Å². The van der Waals surface area contributed by atoms with E-state index in [1.54, 1.807) is 17.8 Å². The molecule has 1 heterocycles. The first-order valence-corrected chi connectivity index (χ1v) is 9.50. The summed E-state index contributed by atoms with van der Waals surface area (Å²) >= 11 is 1.72. The number of hydrogen-bond donors (Lipinski definition) is 3. The van der Waals surface area contributed by atoms with Crippen molar-refractivity contribution in [1.82, 2.24) is 15.0 Å². The van der Waals surface area contributed by atoms with Gasteiger partial charge in [-0.1, -0.05) is 13.8 Å². The molecule has 0 aliphatic rings. The number of H-pyrrole nitrogens is 1. The molecule has 0 aromatic carbocycles. The molecule has 0 aliphatic heterocycles. The maximum absolute atomic E-state index is 12.3. The summed E-state index contributed by atoms with van der Waals surface area (Å²) in [6.45, 7) is 5.26. The SMILES string of the molecule is CCC(CC)(CNS(=O)(=O)c1c[nH]c(CNC)c1)SC. The maximum Gasteiger partial charge on any atom is 0.242 e. The Morgan fingerprint density at radius 3 is 2.50 bits per heavy atom. The fourth-order valence-corrected chi connectivity index (χ4v) is 4.07. The molecule has 0 amide bonds. The first kappa shape index (κ1) is 17.6. The Balaban J connectivity index is 2.78. The topological polar surface area (TPSA) is 74.0 Å². The Morgan fingerprint density at radius 1 is 1.35 bits per heavy atom. The van der Waals surface area contributed by atoms with Crippen molar-refractivity contribution in [3.8, 4) is 0 Å². The Labute approximate surface area is 126 Å². The van der Waals surface area contributed by atoms with Crippen LogP contribution >= 0.6 is 11.8 Å². The number of nitrogens with one attached hydrogen (secondary N) is 3. The third-order valence-corrected chi connectivity index (χ3v) is 6.67. The zero-order chi connectivity index (χ0) is 15.2. The van der Waals surface area contributed by atoms with E-state index in [4.69, 9.17) is 0 Å². The van der Waals surface area contributed by atoms with E-state index < -0.39 is 10.0 Å². The molecule has 0 fully saturated rings. The van der Waals surface area contributed by atoms with Crippen LogP contribution in [0.15, 0.2) is 17.2 Å². The lowest BCUT2D eigenvalue weighted by Crippen LogP contribution is -2.39. The molecular weight excluding hydrogens is 294 g/mol. The lowest BCUT2D eigenvalue weighted by atomic mass is 10.0. The molecule has 20 heavy (non-hydrogen) atoms. The highest BCUT2D eigenvalue weighted by molar-refractivity contribution is 8.00. The Kier molecular flexibility index (Phi) is 6.57. The van der Waals surface area contributed by atoms with Crippen LogP contribution in [0.1, 0.15) is 32.4 Å². The summed E-state index contributed by atoms with van der Waals surface area (Å²) in [5.41, 5.74) is 0.856. The van der Waals surface area contributed by atoms with Gasteiger partial charge in [-0.05, 0) is 32.2 Å². The molecule has 1 aromatic heterocycles. The highest BCUT2D eigenvalue weighted by atomic mass is 32.2. The third kappa shape index (κ3) is 4.25. The van der Waals surface area contributed by atoms with Crippen LogP contribution in [0.4, 0.5) is 0 Å². The van der Waals surface area contributed by atoms with Crippen molar-refractivity contribution >= 4 is 21.8 Å². The molecular formula is C13H25N3O2S2. The molecule has 0 aliphatic carbocycles. The van der Waals surface area contributed by atoms with Crippen LogP contribution in [0.25, 0.3) is 0 Å². The average molecular weight is 319 g/mol. The maximum atomic E-state index is 12.3. The molecule has 5 nitrogen and oxygen atoms in total. The number of hydrogen-bond acceptors (Lipinski definition) is 4. The monoisotopic (exact) mass is 319 g/mol. The zero-order valence-electron chi connectivity index (χ0n) is 12.6. The van der Waals surface area contributed by atoms with Gasteiger partial charge in [-0.15, -0.1) is 0 Å². The highest BCUT2D eigenvalue weighted by Gasteiger charge is 2.27. The zero-order valence-corrected chi connectivity index (χ0v) is 14.2. The van der Waals surface area contributed by atoms with Crippen molar-refractivity contribution in [1.29, 1.82) is 0 Å². The normalized spacial score (nSPS) is 12.8. The van der Waals surface area contributed by atoms with E-state index in [0.29, 0.717) is 18.0 Å². The Bertz CT molecular complexity index is 499. The Morgan fingerprint density at radius 2 is 2.00 bits per heavy atom. The van der Waals surface area contributed by atoms with E-state index >= 15 is 0 Å². The quantitative estimate of drug-likeness (QED) is 0.650. The number of thioether (sulfide) groups is 1. The second-order valence-corrected chi connectivity index (χ2v) is 7.85. The fraction of sp³-hybridized carbons (Fsp3) is 0.692. The molecule has 3 N–H and O–H groups in total. The van der Waals surface area contributed by atoms with Gasteiger partial charge in [0.2, 0.25) is 10.0 Å². The number of aromatic amines is 1. The first-order chi connectivity index (χ1) is 9.43. The van der Waals surface area contributed by atoms with Crippen LogP contribution in [-0.2, 0) is 16.6 Å². The number of rotatable bonds is 9. The number of sulfonamides is 1. The van der Waals surface area contributed by atoms with Crippen molar-refractivity contribution in [2.45, 2.75) is 42.9 Å². The molecule has 1 aromatic rings. The first-order valence-electron chi connectivity index (χ1n) is 6.79. The lowest BCUT2D eigenvalue weighted by Gasteiger charge is -2.29. The minimum absolute atomic E-state index is 0.0306. The van der Waals surface area contributed by atoms with Gasteiger partial charge in [-0.25, -0.2) is 13.1 Å². The van der Waals surface area contributed by atoms with E-state index in [2.05, 4.69) is 28.9 Å². The van der Waals surface area contributed by atoms with Crippen molar-refractivity contribution in [2.75, 3.05) is 19.8 Å². The molecule has 0 radical (unpaired) electrons. The molecule has 0 saturated carbocycles. The average Bonchev–Trinajstić information content (AvgIpc) is 2.91. The Hall–Kier alpha value is -0.500. The minimum atomic E-state index is -3.44. The smallest absolute Gasteiger partial charge is 0.242 e. The summed E-state index contributed by atoms with van der Waals surface area (Å²) in [5, 5.41) is 2.98. The second-order valence-electron chi connectivity index (χ2n) is 4.81. The van der Waals surface area contributed by atoms with Gasteiger partial charge >= 0.3 is 0 Å². The summed E-state index contributed by atoms with van der Waals surface area (Å²) in [7, 11) is -1.62. The van der Waals surface area contributed by atoms with Gasteiger partial charge in [-0.2, -0.15) is 11.8 Å². The number of aromatic nitrogens is 1. The summed E-state index contributed by atoms with van der Waals surface area (Å²) < 4.78 is 27.3. The van der Waals surface area contributed by atoms with Gasteiger partial charge in [-0.3, -0.25) is 0 Å². The summed E-state index contributed by atoms with van der Waals surface area (Å²) in [6.07, 6.45) is 5.44. The van der Waals surface area contributed by atoms with E-state index in [1.807, 2.05) is 13.3 Å². The van der Waals surface area contributed by atoms with E-state index in [1.165, 1.54) is 6.20 Å². The van der Waals surface area contributed by atoms with Crippen LogP contribution in [0, 0.1) is 0 Å². The van der Waals surface area contributed by atoms with E-state index in [-0.39, 0.29) is 4.75 Å². The fourth-order valence-electron chi connectivity index (χ4n) is 2.04.